The summed E-state index contributed by atoms with van der Waals surface area (Å²) in [6.07, 6.45) is 3.33. The van der Waals surface area contributed by atoms with Crippen LogP contribution in [0.25, 0.3) is 0 Å². The van der Waals surface area contributed by atoms with Crippen molar-refractivity contribution in [1.82, 2.24) is 4.98 Å². The zero-order valence-corrected chi connectivity index (χ0v) is 7.65. The van der Waals surface area contributed by atoms with Crippen molar-refractivity contribution in [2.24, 2.45) is 0 Å². The van der Waals surface area contributed by atoms with Crippen LogP contribution in [-0.2, 0) is 0 Å². The van der Waals surface area contributed by atoms with Gasteiger partial charge in [-0.3, -0.25) is 4.79 Å². The number of Topliss-reactive ketones (excluding diaryl/α,β-unsaturated/α-hetero) is 1. The third-order valence-corrected chi connectivity index (χ3v) is 2.31. The Hall–Kier alpha value is -1.16. The Morgan fingerprint density at radius 3 is 3.17 bits per heavy atom. The van der Waals surface area contributed by atoms with Crippen LogP contribution in [-0.4, -0.2) is 17.3 Å². The third kappa shape index (κ3) is 2.17. The summed E-state index contributed by atoms with van der Waals surface area (Å²) in [5.74, 6) is 0.0548. The van der Waals surface area contributed by atoms with Crippen LogP contribution in [0, 0.1) is 0 Å². The Morgan fingerprint density at radius 1 is 1.92 bits per heavy atom. The largest absolute Gasteiger partial charge is 0.358 e. The highest BCUT2D eigenvalue weighted by Crippen LogP contribution is 2.17. The molecular formula is C8H10N2OS. The van der Waals surface area contributed by atoms with Gasteiger partial charge in [0.2, 0.25) is 0 Å². The summed E-state index contributed by atoms with van der Waals surface area (Å²) < 4.78 is 0. The van der Waals surface area contributed by atoms with Crippen molar-refractivity contribution in [2.75, 3.05) is 11.9 Å². The number of carbonyl (C=O) groups is 1. The van der Waals surface area contributed by atoms with Crippen molar-refractivity contribution < 1.29 is 4.79 Å². The minimum Gasteiger partial charge on any atom is -0.358 e. The van der Waals surface area contributed by atoms with Crippen molar-refractivity contribution in [1.29, 1.82) is 0 Å². The molecule has 0 atom stereocenters. The van der Waals surface area contributed by atoms with E-state index in [2.05, 4.69) is 16.9 Å². The van der Waals surface area contributed by atoms with E-state index >= 15 is 0 Å². The first kappa shape index (κ1) is 8.93. The van der Waals surface area contributed by atoms with Gasteiger partial charge in [0.25, 0.3) is 0 Å². The maximum absolute atomic E-state index is 10.9. The molecule has 0 spiro atoms. The predicted octanol–water partition coefficient (Wildman–Crippen LogP) is 1.94. The fraction of sp³-hybridized carbons (Fsp3) is 0.250. The zero-order valence-electron chi connectivity index (χ0n) is 6.83. The lowest BCUT2D eigenvalue weighted by Gasteiger charge is -1.93. The molecule has 0 saturated carbocycles. The molecule has 0 unspecified atom stereocenters. The van der Waals surface area contributed by atoms with Gasteiger partial charge >= 0.3 is 0 Å². The van der Waals surface area contributed by atoms with E-state index in [4.69, 9.17) is 0 Å². The summed E-state index contributed by atoms with van der Waals surface area (Å²) in [5.41, 5.74) is 0. The number of ketones is 1. The van der Waals surface area contributed by atoms with E-state index in [0.29, 0.717) is 11.4 Å². The number of aromatic nitrogens is 1. The molecule has 0 radical (unpaired) electrons. The summed E-state index contributed by atoms with van der Waals surface area (Å²) in [4.78, 5) is 15.6. The Bertz CT molecular complexity index is 293. The first-order chi connectivity index (χ1) is 5.74. The van der Waals surface area contributed by atoms with Crippen LogP contribution < -0.4 is 5.32 Å². The molecule has 1 rings (SSSR count). The molecule has 0 aromatic carbocycles. The van der Waals surface area contributed by atoms with Gasteiger partial charge in [0.1, 0.15) is 0 Å². The molecular weight excluding hydrogens is 172 g/mol. The normalized spacial score (nSPS) is 9.42. The van der Waals surface area contributed by atoms with Crippen molar-refractivity contribution >= 4 is 22.3 Å². The van der Waals surface area contributed by atoms with E-state index in [1.807, 2.05) is 0 Å². The highest BCUT2D eigenvalue weighted by Gasteiger charge is 2.03. The molecule has 1 N–H and O–H groups in total. The van der Waals surface area contributed by atoms with Crippen molar-refractivity contribution in [3.63, 3.8) is 0 Å². The molecule has 0 aliphatic carbocycles. The number of hydrogen-bond acceptors (Lipinski definition) is 4. The number of thiazole rings is 1. The summed E-state index contributed by atoms with van der Waals surface area (Å²) in [6, 6.07) is 0. The molecule has 0 amide bonds. The molecule has 0 aliphatic heterocycles. The molecule has 64 valence electrons. The molecule has 1 heterocycles. The molecule has 1 aromatic rings. The Kier molecular flexibility index (Phi) is 2.99. The van der Waals surface area contributed by atoms with Gasteiger partial charge < -0.3 is 5.32 Å². The Labute approximate surface area is 75.1 Å². The molecule has 0 aliphatic rings. The van der Waals surface area contributed by atoms with E-state index < -0.39 is 0 Å². The molecule has 4 heteroatoms. The monoisotopic (exact) mass is 182 g/mol. The molecule has 0 bridgehead atoms. The van der Waals surface area contributed by atoms with Gasteiger partial charge in [0.15, 0.2) is 10.9 Å². The van der Waals surface area contributed by atoms with Gasteiger partial charge in [-0.1, -0.05) is 17.4 Å². The molecule has 3 nitrogen and oxygen atoms in total. The SMILES string of the molecule is C=CCNc1ncc(C(C)=O)s1. The van der Waals surface area contributed by atoms with E-state index in [1.54, 1.807) is 12.3 Å². The smallest absolute Gasteiger partial charge is 0.183 e. The fourth-order valence-corrected chi connectivity index (χ4v) is 1.40. The lowest BCUT2D eigenvalue weighted by molar-refractivity contribution is 0.102. The van der Waals surface area contributed by atoms with Crippen LogP contribution >= 0.6 is 11.3 Å². The minimum atomic E-state index is 0.0548. The highest BCUT2D eigenvalue weighted by molar-refractivity contribution is 7.17. The summed E-state index contributed by atoms with van der Waals surface area (Å²) in [5, 5.41) is 3.77. The van der Waals surface area contributed by atoms with Crippen molar-refractivity contribution in [3.05, 3.63) is 23.7 Å². The van der Waals surface area contributed by atoms with Gasteiger partial charge in [-0.25, -0.2) is 4.98 Å². The predicted molar refractivity (Wildman–Crippen MR) is 50.8 cm³/mol. The van der Waals surface area contributed by atoms with Crippen molar-refractivity contribution in [3.8, 4) is 0 Å². The standard InChI is InChI=1S/C8H10N2OS/c1-3-4-9-8-10-5-7(12-8)6(2)11/h3,5H,1,4H2,2H3,(H,9,10). The van der Waals surface area contributed by atoms with Gasteiger partial charge in [0, 0.05) is 13.5 Å². The van der Waals surface area contributed by atoms with Gasteiger partial charge in [-0.15, -0.1) is 6.58 Å². The number of anilines is 1. The minimum absolute atomic E-state index is 0.0548. The number of nitrogens with zero attached hydrogens (tertiary/aromatic N) is 1. The summed E-state index contributed by atoms with van der Waals surface area (Å²) in [6.45, 7) is 5.77. The van der Waals surface area contributed by atoms with Crippen LogP contribution in [0.3, 0.4) is 0 Å². The van der Waals surface area contributed by atoms with E-state index in [9.17, 15) is 4.79 Å². The van der Waals surface area contributed by atoms with E-state index in [1.165, 1.54) is 18.3 Å². The molecule has 0 fully saturated rings. The van der Waals surface area contributed by atoms with Crippen LogP contribution in [0.4, 0.5) is 5.13 Å². The Morgan fingerprint density at radius 2 is 2.67 bits per heavy atom. The zero-order chi connectivity index (χ0) is 8.97. The number of hydrogen-bond donors (Lipinski definition) is 1. The van der Waals surface area contributed by atoms with Crippen LogP contribution in [0.15, 0.2) is 18.9 Å². The summed E-state index contributed by atoms with van der Waals surface area (Å²) in [7, 11) is 0. The maximum atomic E-state index is 10.9. The third-order valence-electron chi connectivity index (χ3n) is 1.25. The first-order valence-electron chi connectivity index (χ1n) is 3.55. The van der Waals surface area contributed by atoms with E-state index in [-0.39, 0.29) is 5.78 Å². The van der Waals surface area contributed by atoms with Gasteiger partial charge in [0.05, 0.1) is 11.1 Å². The average Bonchev–Trinajstić information content (AvgIpc) is 2.48. The second-order valence-corrected chi connectivity index (χ2v) is 3.29. The second-order valence-electron chi connectivity index (χ2n) is 2.26. The van der Waals surface area contributed by atoms with Crippen LogP contribution in [0.2, 0.25) is 0 Å². The van der Waals surface area contributed by atoms with Crippen LogP contribution in [0.1, 0.15) is 16.6 Å². The Balaban J connectivity index is 2.64. The maximum Gasteiger partial charge on any atom is 0.183 e. The fourth-order valence-electron chi connectivity index (χ4n) is 0.678. The first-order valence-corrected chi connectivity index (χ1v) is 4.37. The van der Waals surface area contributed by atoms with E-state index in [0.717, 1.165) is 5.13 Å². The molecule has 12 heavy (non-hydrogen) atoms. The molecule has 0 saturated heterocycles. The average molecular weight is 182 g/mol. The topological polar surface area (TPSA) is 42.0 Å². The summed E-state index contributed by atoms with van der Waals surface area (Å²) >= 11 is 1.36. The lowest BCUT2D eigenvalue weighted by atomic mass is 10.4. The van der Waals surface area contributed by atoms with Gasteiger partial charge in [-0.05, 0) is 0 Å². The van der Waals surface area contributed by atoms with Crippen LogP contribution in [0.5, 0.6) is 0 Å². The van der Waals surface area contributed by atoms with Gasteiger partial charge in [-0.2, -0.15) is 0 Å². The molecule has 1 aromatic heterocycles. The number of carbonyl (C=O) groups excluding carboxylic acids is 1. The van der Waals surface area contributed by atoms with Crippen molar-refractivity contribution in [2.45, 2.75) is 6.92 Å². The second kappa shape index (κ2) is 4.01. The quantitative estimate of drug-likeness (QED) is 0.571. The highest BCUT2D eigenvalue weighted by atomic mass is 32.1. The number of rotatable bonds is 4. The lowest BCUT2D eigenvalue weighted by Crippen LogP contribution is -1.95. The number of nitrogens with one attached hydrogen (secondary N) is 1.